The van der Waals surface area contributed by atoms with E-state index in [1.165, 1.54) is 51.4 Å². The Morgan fingerprint density at radius 3 is 2.62 bits per heavy atom. The van der Waals surface area contributed by atoms with Crippen LogP contribution in [0.15, 0.2) is 18.2 Å². The first-order valence-electron chi connectivity index (χ1n) is 11.4. The van der Waals surface area contributed by atoms with Crippen LogP contribution in [0.2, 0.25) is 5.02 Å². The van der Waals surface area contributed by atoms with Crippen LogP contribution in [0.5, 0.6) is 11.5 Å². The van der Waals surface area contributed by atoms with Gasteiger partial charge in [0.15, 0.2) is 11.5 Å². The Morgan fingerprint density at radius 1 is 1.10 bits per heavy atom. The second kappa shape index (κ2) is 13.9. The topological polar surface area (TPSA) is 38.8 Å². The molecule has 1 aliphatic rings. The number of rotatable bonds is 13. The third kappa shape index (κ3) is 9.39. The fraction of sp³-hybridized carbons (Fsp3) is 0.708. The molecule has 1 unspecified atom stereocenters. The van der Waals surface area contributed by atoms with Gasteiger partial charge in [-0.1, -0.05) is 63.5 Å². The lowest BCUT2D eigenvalue weighted by atomic mass is 10.0. The highest BCUT2D eigenvalue weighted by Gasteiger charge is 2.19. The molecule has 1 aromatic carbocycles. The van der Waals surface area contributed by atoms with Crippen molar-refractivity contribution in [2.24, 2.45) is 0 Å². The van der Waals surface area contributed by atoms with Gasteiger partial charge in [0.25, 0.3) is 0 Å². The Morgan fingerprint density at radius 2 is 1.86 bits per heavy atom. The van der Waals surface area contributed by atoms with Crippen LogP contribution in [-0.4, -0.2) is 37.1 Å². The Balaban J connectivity index is 1.74. The number of carbonyl (C=O) groups is 1. The van der Waals surface area contributed by atoms with Gasteiger partial charge >= 0.3 is 5.97 Å². The van der Waals surface area contributed by atoms with E-state index in [1.807, 2.05) is 0 Å². The van der Waals surface area contributed by atoms with Crippen LogP contribution < -0.4 is 9.47 Å². The quantitative estimate of drug-likeness (QED) is 0.202. The smallest absolute Gasteiger partial charge is 0.311 e. The zero-order valence-electron chi connectivity index (χ0n) is 18.3. The molecule has 4 nitrogen and oxygen atoms in total. The number of unbranched alkanes of at least 4 members (excludes halogenated alkanes) is 6. The first-order chi connectivity index (χ1) is 14.1. The molecule has 1 heterocycles. The summed E-state index contributed by atoms with van der Waals surface area (Å²) >= 11 is 6.11. The molecule has 1 fully saturated rings. The first kappa shape index (κ1) is 24.0. The number of ether oxygens (including phenoxy) is 2. The van der Waals surface area contributed by atoms with Crippen molar-refractivity contribution in [2.45, 2.75) is 90.0 Å². The molecule has 0 saturated carbocycles. The number of esters is 1. The van der Waals surface area contributed by atoms with Crippen molar-refractivity contribution in [1.82, 2.24) is 4.90 Å². The third-order valence-electron chi connectivity index (χ3n) is 5.74. The predicted molar refractivity (Wildman–Crippen MR) is 120 cm³/mol. The average molecular weight is 424 g/mol. The minimum Gasteiger partial charge on any atom is -0.490 e. The number of hydrogen-bond donors (Lipinski definition) is 0. The van der Waals surface area contributed by atoms with Crippen molar-refractivity contribution >= 4 is 17.6 Å². The van der Waals surface area contributed by atoms with E-state index in [0.29, 0.717) is 35.6 Å². The van der Waals surface area contributed by atoms with Gasteiger partial charge in [-0.2, -0.15) is 0 Å². The molecule has 1 atom stereocenters. The molecule has 0 N–H and O–H groups in total. The van der Waals surface area contributed by atoms with Gasteiger partial charge in [0, 0.05) is 23.6 Å². The number of carbonyl (C=O) groups excluding carboxylic acids is 1. The molecular formula is C24H38ClNO3. The largest absolute Gasteiger partial charge is 0.490 e. The van der Waals surface area contributed by atoms with Gasteiger partial charge in [-0.25, -0.2) is 0 Å². The van der Waals surface area contributed by atoms with E-state index in [4.69, 9.17) is 21.1 Å². The van der Waals surface area contributed by atoms with Crippen LogP contribution in [0.1, 0.15) is 84.0 Å². The minimum atomic E-state index is -0.210. The molecule has 1 aromatic rings. The first-order valence-corrected chi connectivity index (χ1v) is 11.8. The van der Waals surface area contributed by atoms with Crippen molar-refractivity contribution < 1.29 is 14.3 Å². The number of nitrogens with zero attached hydrogens (tertiary/aromatic N) is 1. The summed E-state index contributed by atoms with van der Waals surface area (Å²) in [4.78, 5) is 14.7. The van der Waals surface area contributed by atoms with E-state index in [0.717, 1.165) is 25.8 Å². The molecule has 0 amide bonds. The molecule has 0 aliphatic carbocycles. The lowest BCUT2D eigenvalue weighted by Crippen LogP contribution is -2.37. The van der Waals surface area contributed by atoms with Crippen molar-refractivity contribution in [2.75, 3.05) is 20.2 Å². The second-order valence-corrected chi connectivity index (χ2v) is 8.64. The predicted octanol–water partition coefficient (Wildman–Crippen LogP) is 6.64. The number of benzene rings is 1. The van der Waals surface area contributed by atoms with Crippen molar-refractivity contribution in [3.05, 3.63) is 23.2 Å². The summed E-state index contributed by atoms with van der Waals surface area (Å²) in [5.41, 5.74) is 0. The van der Waals surface area contributed by atoms with Crippen molar-refractivity contribution in [1.29, 1.82) is 0 Å². The highest BCUT2D eigenvalue weighted by atomic mass is 35.5. The second-order valence-electron chi connectivity index (χ2n) is 8.20. The van der Waals surface area contributed by atoms with E-state index in [-0.39, 0.29) is 5.97 Å². The molecule has 0 spiro atoms. The summed E-state index contributed by atoms with van der Waals surface area (Å²) in [7, 11) is 2.18. The highest BCUT2D eigenvalue weighted by Crippen LogP contribution is 2.31. The van der Waals surface area contributed by atoms with Gasteiger partial charge in [0.1, 0.15) is 0 Å². The molecule has 1 saturated heterocycles. The van der Waals surface area contributed by atoms with Crippen LogP contribution in [0.3, 0.4) is 0 Å². The summed E-state index contributed by atoms with van der Waals surface area (Å²) < 4.78 is 11.5. The lowest BCUT2D eigenvalue weighted by molar-refractivity contribution is -0.134. The van der Waals surface area contributed by atoms with Crippen LogP contribution in [-0.2, 0) is 4.79 Å². The fourth-order valence-corrected chi connectivity index (χ4v) is 4.06. The maximum absolute atomic E-state index is 12.2. The molecular weight excluding hydrogens is 386 g/mol. The third-order valence-corrected chi connectivity index (χ3v) is 5.98. The molecule has 0 radical (unpaired) electrons. The van der Waals surface area contributed by atoms with Crippen molar-refractivity contribution in [3.8, 4) is 11.5 Å². The maximum Gasteiger partial charge on any atom is 0.311 e. The van der Waals surface area contributed by atoms with Crippen LogP contribution >= 0.6 is 11.6 Å². The molecule has 5 heteroatoms. The molecule has 164 valence electrons. The Hall–Kier alpha value is -1.26. The Labute approximate surface area is 181 Å². The van der Waals surface area contributed by atoms with Gasteiger partial charge in [0.2, 0.25) is 0 Å². The van der Waals surface area contributed by atoms with E-state index < -0.39 is 0 Å². The summed E-state index contributed by atoms with van der Waals surface area (Å²) in [6, 6.07) is 5.81. The fourth-order valence-electron chi connectivity index (χ4n) is 3.89. The lowest BCUT2D eigenvalue weighted by Gasteiger charge is -2.32. The van der Waals surface area contributed by atoms with Crippen molar-refractivity contribution in [3.63, 3.8) is 0 Å². The molecule has 29 heavy (non-hydrogen) atoms. The standard InChI is InChI=1S/C24H38ClNO3/c1-3-4-5-6-7-8-9-13-24(27)29-23-19-20(25)14-15-22(23)28-18-16-21-12-10-11-17-26(21)2/h14-15,19,21H,3-13,16-18H2,1-2H3. The number of piperidine rings is 1. The van der Waals surface area contributed by atoms with Crippen LogP contribution in [0.4, 0.5) is 0 Å². The SMILES string of the molecule is CCCCCCCCCC(=O)Oc1cc(Cl)ccc1OCCC1CCCCN1C. The Kier molecular flexibility index (Phi) is 11.5. The van der Waals surface area contributed by atoms with Gasteiger partial charge in [-0.05, 0) is 51.4 Å². The normalized spacial score (nSPS) is 17.3. The average Bonchev–Trinajstić information content (AvgIpc) is 2.70. The summed E-state index contributed by atoms with van der Waals surface area (Å²) in [5, 5.41) is 0.545. The molecule has 2 rings (SSSR count). The van der Waals surface area contributed by atoms with Crippen LogP contribution in [0.25, 0.3) is 0 Å². The van der Waals surface area contributed by atoms with E-state index in [1.54, 1.807) is 18.2 Å². The molecule has 0 aromatic heterocycles. The molecule has 1 aliphatic heterocycles. The monoisotopic (exact) mass is 423 g/mol. The summed E-state index contributed by atoms with van der Waals surface area (Å²) in [6.07, 6.45) is 13.5. The van der Waals surface area contributed by atoms with Gasteiger partial charge < -0.3 is 14.4 Å². The zero-order chi connectivity index (χ0) is 20.9. The van der Waals surface area contributed by atoms with E-state index in [9.17, 15) is 4.79 Å². The van der Waals surface area contributed by atoms with Gasteiger partial charge in [-0.3, -0.25) is 4.79 Å². The van der Waals surface area contributed by atoms with Crippen LogP contribution in [0, 0.1) is 0 Å². The minimum absolute atomic E-state index is 0.210. The highest BCUT2D eigenvalue weighted by molar-refractivity contribution is 6.30. The number of likely N-dealkylation sites (tertiary alicyclic amines) is 1. The van der Waals surface area contributed by atoms with E-state index >= 15 is 0 Å². The molecule has 0 bridgehead atoms. The number of halogens is 1. The zero-order valence-corrected chi connectivity index (χ0v) is 19.0. The summed E-state index contributed by atoms with van der Waals surface area (Å²) in [6.45, 7) is 3.99. The summed E-state index contributed by atoms with van der Waals surface area (Å²) in [5.74, 6) is 0.820. The Bertz CT molecular complexity index is 608. The maximum atomic E-state index is 12.2. The van der Waals surface area contributed by atoms with Gasteiger partial charge in [-0.15, -0.1) is 0 Å². The van der Waals surface area contributed by atoms with E-state index in [2.05, 4.69) is 18.9 Å². The van der Waals surface area contributed by atoms with Gasteiger partial charge in [0.05, 0.1) is 6.61 Å². The number of hydrogen-bond acceptors (Lipinski definition) is 4.